The Morgan fingerprint density at radius 3 is 1.88 bits per heavy atom. The summed E-state index contributed by atoms with van der Waals surface area (Å²) >= 11 is 0. The van der Waals surface area contributed by atoms with E-state index in [2.05, 4.69) is 57.5 Å². The molecule has 0 spiro atoms. The van der Waals surface area contributed by atoms with Crippen molar-refractivity contribution in [1.29, 1.82) is 0 Å². The third-order valence-electron chi connectivity index (χ3n) is 12.6. The Hall–Kier alpha value is -8.99. The number of nitrogens with two attached hydrogens (primary N) is 6. The van der Waals surface area contributed by atoms with Gasteiger partial charge in [0.15, 0.2) is 11.9 Å². The minimum absolute atomic E-state index is 0.0216. The Bertz CT molecular complexity index is 2760. The maximum Gasteiger partial charge on any atom is 0.416 e. The van der Waals surface area contributed by atoms with Gasteiger partial charge in [0, 0.05) is 69.3 Å². The number of aromatic nitrogens is 1. The summed E-state index contributed by atoms with van der Waals surface area (Å²) < 4.78 is 43.6. The van der Waals surface area contributed by atoms with Crippen molar-refractivity contribution < 1.29 is 61.1 Å². The van der Waals surface area contributed by atoms with Crippen LogP contribution >= 0.6 is 0 Å². The summed E-state index contributed by atoms with van der Waals surface area (Å²) in [6, 6.07) is -0.204. The first-order valence-corrected chi connectivity index (χ1v) is 25.6. The number of nitrogens with one attached hydrogen (secondary N) is 9. The van der Waals surface area contributed by atoms with Gasteiger partial charge in [-0.15, -0.1) is 0 Å². The molecule has 7 atom stereocenters. The maximum atomic E-state index is 14.7. The van der Waals surface area contributed by atoms with Crippen molar-refractivity contribution in [2.45, 2.75) is 132 Å². The summed E-state index contributed by atoms with van der Waals surface area (Å²) in [5, 5.41) is 20.6. The number of aromatic amines is 1. The van der Waals surface area contributed by atoms with Gasteiger partial charge in [-0.25, -0.2) is 0 Å². The second-order valence-electron chi connectivity index (χ2n) is 18.9. The Kier molecular flexibility index (Phi) is 24.5. The first-order chi connectivity index (χ1) is 37.8. The van der Waals surface area contributed by atoms with Crippen molar-refractivity contribution >= 4 is 81.9 Å². The molecule has 2 aromatic carbocycles. The molecular weight excluding hydrogens is 1060 g/mol. The normalized spacial score (nSPS) is 20.7. The largest absolute Gasteiger partial charge is 0.416 e. The topological polar surface area (TPSA) is 464 Å². The smallest absolute Gasteiger partial charge is 0.370 e. The van der Waals surface area contributed by atoms with Gasteiger partial charge in [-0.05, 0) is 74.6 Å². The third kappa shape index (κ3) is 21.1. The number of guanidine groups is 2. The number of H-pyrrole nitrogens is 1. The van der Waals surface area contributed by atoms with Crippen molar-refractivity contribution in [1.82, 2.24) is 47.5 Å². The molecule has 27 nitrogen and oxygen atoms in total. The van der Waals surface area contributed by atoms with Crippen molar-refractivity contribution in [3.63, 3.8) is 0 Å². The fourth-order valence-electron chi connectivity index (χ4n) is 8.57. The zero-order valence-electron chi connectivity index (χ0n) is 43.9. The van der Waals surface area contributed by atoms with Gasteiger partial charge in [0.1, 0.15) is 42.3 Å². The van der Waals surface area contributed by atoms with Gasteiger partial charge in [0.05, 0.1) is 5.56 Å². The second kappa shape index (κ2) is 30.8. The number of aliphatic imine (C=N–C) groups is 2. The van der Waals surface area contributed by atoms with Gasteiger partial charge >= 0.3 is 6.18 Å². The van der Waals surface area contributed by atoms with E-state index in [1.54, 1.807) is 30.5 Å². The average molecular weight is 1130 g/mol. The molecule has 10 amide bonds. The summed E-state index contributed by atoms with van der Waals surface area (Å²) in [6.07, 6.45) is -6.93. The number of fused-ring (bicyclic) bond motifs is 1. The molecule has 4 rings (SSSR count). The lowest BCUT2D eigenvalue weighted by Crippen LogP contribution is -2.60. The van der Waals surface area contributed by atoms with Crippen LogP contribution in [0.2, 0.25) is 0 Å². The molecule has 1 aliphatic rings. The second-order valence-corrected chi connectivity index (χ2v) is 18.9. The van der Waals surface area contributed by atoms with Crippen LogP contribution < -0.4 is 76.9 Å². The number of hydrogen-bond acceptors (Lipinski definition) is 12. The van der Waals surface area contributed by atoms with Crippen molar-refractivity contribution in [3.8, 4) is 0 Å². The SMILES string of the molecule is CC(=O)N[C@@H](CCCN=C(N)N)C(=O)NC1CCC(=O)NCCC[C@@H](C(N)=O)NC(=O)[C@H](Cc2c[nH]c3ccccc23)NC(=O)[C@H](CCCN=C(N)N)NC(=O)C(Cc2ccccc2C(F)(F)F)NC(=O)[C@H](CCC(N)=O)NC1=O. The molecule has 436 valence electrons. The van der Waals surface area contributed by atoms with Gasteiger partial charge in [-0.1, -0.05) is 36.4 Å². The molecule has 1 fully saturated rings. The van der Waals surface area contributed by atoms with Crippen molar-refractivity contribution in [2.75, 3.05) is 19.6 Å². The zero-order valence-corrected chi connectivity index (χ0v) is 43.9. The lowest BCUT2D eigenvalue weighted by molar-refractivity contribution is -0.139. The first kappa shape index (κ1) is 63.5. The molecule has 0 saturated carbocycles. The molecular formula is C50H70F3N17O10. The number of para-hydroxylation sites is 1. The minimum Gasteiger partial charge on any atom is -0.370 e. The lowest BCUT2D eigenvalue weighted by atomic mass is 9.98. The fourth-order valence-corrected chi connectivity index (χ4v) is 8.57. The number of halogens is 3. The van der Waals surface area contributed by atoms with Crippen LogP contribution in [0.3, 0.4) is 0 Å². The molecule has 1 aliphatic heterocycles. The highest BCUT2D eigenvalue weighted by molar-refractivity contribution is 5.98. The minimum atomic E-state index is -4.98. The summed E-state index contributed by atoms with van der Waals surface area (Å²) in [5.41, 5.74) is 32.6. The molecule has 2 unspecified atom stereocenters. The quantitative estimate of drug-likeness (QED) is 0.0322. The van der Waals surface area contributed by atoms with Gasteiger partial charge in [-0.2, -0.15) is 13.2 Å². The Labute approximate surface area is 457 Å². The molecule has 80 heavy (non-hydrogen) atoms. The van der Waals surface area contributed by atoms with Gasteiger partial charge in [0.2, 0.25) is 59.1 Å². The molecule has 1 aromatic heterocycles. The van der Waals surface area contributed by atoms with E-state index < -0.39 is 151 Å². The molecule has 3 aromatic rings. The van der Waals surface area contributed by atoms with Crippen LogP contribution in [0.25, 0.3) is 10.9 Å². The standard InChI is InChI=1S/C50H70F3N17O10/c1-26(71)64-33(14-7-21-61-48(56)57)42(75)68-36-17-19-40(73)60-20-6-13-32(41(55)74)65-46(79)38(24-28-25-63-31-12-5-3-10-29(28)31)70-43(76)34(15-8-22-62-49(58)59)66-47(80)37(23-27-9-2-4-11-30(27)50(51,52)53)69-45(78)35(67-44(36)77)16-18-39(54)72/h2-5,9-12,25,32-38,63H,6-8,13-24H2,1H3,(H2,54,72)(H2,55,74)(H,60,73)(H,64,71)(H,65,79)(H,66,80)(H,67,77)(H,68,75)(H,69,78)(H,70,76)(H4,56,57,61)(H4,58,59,62)/t32-,33-,34-,35-,36?,37?,38-/m0/s1. The van der Waals surface area contributed by atoms with Crippen LogP contribution in [-0.4, -0.2) is 138 Å². The summed E-state index contributed by atoms with van der Waals surface area (Å²) in [6.45, 7) is 0.960. The molecule has 0 aliphatic carbocycles. The zero-order chi connectivity index (χ0) is 59.1. The fraction of sp³-hybridized carbons (Fsp3) is 0.480. The number of carbonyl (C=O) groups excluding carboxylic acids is 10. The number of nitrogens with zero attached hydrogens (tertiary/aromatic N) is 2. The summed E-state index contributed by atoms with van der Waals surface area (Å²) in [4.78, 5) is 148. The summed E-state index contributed by atoms with van der Waals surface area (Å²) in [5.74, 6) is -10.3. The Balaban J connectivity index is 1.85. The number of carbonyl (C=O) groups is 10. The van der Waals surface area contributed by atoms with Crippen LogP contribution in [0, 0.1) is 0 Å². The van der Waals surface area contributed by atoms with E-state index in [1.807, 2.05) is 0 Å². The third-order valence-corrected chi connectivity index (χ3v) is 12.6. The first-order valence-electron chi connectivity index (χ1n) is 25.6. The van der Waals surface area contributed by atoms with E-state index in [9.17, 15) is 61.1 Å². The molecule has 30 heteroatoms. The molecule has 1 saturated heterocycles. The lowest BCUT2D eigenvalue weighted by Gasteiger charge is -2.28. The number of benzene rings is 2. The van der Waals surface area contributed by atoms with E-state index in [0.717, 1.165) is 25.1 Å². The molecule has 0 radical (unpaired) electrons. The number of alkyl halides is 3. The highest BCUT2D eigenvalue weighted by Crippen LogP contribution is 2.32. The molecule has 0 bridgehead atoms. The predicted octanol–water partition coefficient (Wildman–Crippen LogP) is -3.07. The molecule has 21 N–H and O–H groups in total. The van der Waals surface area contributed by atoms with Crippen LogP contribution in [0.4, 0.5) is 13.2 Å². The van der Waals surface area contributed by atoms with Crippen LogP contribution in [0.5, 0.6) is 0 Å². The Morgan fingerprint density at radius 1 is 0.688 bits per heavy atom. The van der Waals surface area contributed by atoms with E-state index in [-0.39, 0.29) is 76.5 Å². The number of primary amides is 2. The highest BCUT2D eigenvalue weighted by atomic mass is 19.4. The van der Waals surface area contributed by atoms with E-state index in [4.69, 9.17) is 34.4 Å². The maximum absolute atomic E-state index is 14.7. The number of hydrogen-bond donors (Lipinski definition) is 15. The van der Waals surface area contributed by atoms with E-state index in [1.165, 1.54) is 6.07 Å². The summed E-state index contributed by atoms with van der Waals surface area (Å²) in [7, 11) is 0. The highest BCUT2D eigenvalue weighted by Gasteiger charge is 2.38. The van der Waals surface area contributed by atoms with Crippen molar-refractivity contribution in [2.24, 2.45) is 44.4 Å². The average Bonchev–Trinajstić information content (AvgIpc) is 3.79. The van der Waals surface area contributed by atoms with E-state index >= 15 is 0 Å². The van der Waals surface area contributed by atoms with Crippen LogP contribution in [0.1, 0.15) is 87.8 Å². The van der Waals surface area contributed by atoms with Gasteiger partial charge < -0.3 is 81.9 Å². The number of rotatable bonds is 19. The predicted molar refractivity (Wildman–Crippen MR) is 285 cm³/mol. The monoisotopic (exact) mass is 1130 g/mol. The van der Waals surface area contributed by atoms with E-state index in [0.29, 0.717) is 16.5 Å². The van der Waals surface area contributed by atoms with Crippen molar-refractivity contribution in [3.05, 3.63) is 71.4 Å². The Morgan fingerprint density at radius 2 is 1.25 bits per heavy atom. The molecule has 2 heterocycles. The van der Waals surface area contributed by atoms with Crippen LogP contribution in [-0.2, 0) is 67.0 Å². The van der Waals surface area contributed by atoms with Gasteiger partial charge in [-0.3, -0.25) is 57.9 Å². The number of amides is 10. The van der Waals surface area contributed by atoms with Gasteiger partial charge in [0.25, 0.3) is 0 Å². The van der Waals surface area contributed by atoms with Crippen LogP contribution in [0.15, 0.2) is 64.7 Å².